The molecule has 1 amide bonds. The maximum absolute atomic E-state index is 13.1. The summed E-state index contributed by atoms with van der Waals surface area (Å²) in [6.07, 6.45) is 0. The SMILES string of the molecule is COC(=O)C(CNC(C)c1cccc(F)c1)NC(C)=O. The van der Waals surface area contributed by atoms with Gasteiger partial charge in [0, 0.05) is 19.5 Å². The fraction of sp³-hybridized carbons (Fsp3) is 0.429. The first-order valence-corrected chi connectivity index (χ1v) is 6.27. The Morgan fingerprint density at radius 1 is 1.40 bits per heavy atom. The monoisotopic (exact) mass is 282 g/mol. The molecule has 20 heavy (non-hydrogen) atoms. The molecule has 0 saturated heterocycles. The summed E-state index contributed by atoms with van der Waals surface area (Å²) in [6.45, 7) is 3.37. The van der Waals surface area contributed by atoms with Crippen LogP contribution in [-0.2, 0) is 14.3 Å². The number of rotatable bonds is 6. The lowest BCUT2D eigenvalue weighted by molar-refractivity contribution is -0.144. The third kappa shape index (κ3) is 4.97. The molecule has 0 aliphatic rings. The molecule has 0 aliphatic carbocycles. The lowest BCUT2D eigenvalue weighted by Crippen LogP contribution is -2.47. The van der Waals surface area contributed by atoms with Gasteiger partial charge in [0.25, 0.3) is 0 Å². The molecule has 0 saturated carbocycles. The van der Waals surface area contributed by atoms with E-state index in [1.54, 1.807) is 12.1 Å². The highest BCUT2D eigenvalue weighted by Crippen LogP contribution is 2.13. The molecule has 0 aliphatic heterocycles. The normalized spacial score (nSPS) is 13.4. The van der Waals surface area contributed by atoms with E-state index >= 15 is 0 Å². The number of esters is 1. The van der Waals surface area contributed by atoms with Crippen molar-refractivity contribution in [3.63, 3.8) is 0 Å². The van der Waals surface area contributed by atoms with Crippen molar-refractivity contribution in [3.8, 4) is 0 Å². The highest BCUT2D eigenvalue weighted by Gasteiger charge is 2.20. The van der Waals surface area contributed by atoms with Gasteiger partial charge in [-0.15, -0.1) is 0 Å². The van der Waals surface area contributed by atoms with Crippen LogP contribution < -0.4 is 10.6 Å². The van der Waals surface area contributed by atoms with Crippen LogP contribution >= 0.6 is 0 Å². The van der Waals surface area contributed by atoms with Gasteiger partial charge < -0.3 is 15.4 Å². The van der Waals surface area contributed by atoms with Gasteiger partial charge in [0.15, 0.2) is 0 Å². The molecule has 0 radical (unpaired) electrons. The molecule has 2 atom stereocenters. The molecule has 0 bridgehead atoms. The van der Waals surface area contributed by atoms with Crippen LogP contribution in [0.5, 0.6) is 0 Å². The van der Waals surface area contributed by atoms with E-state index < -0.39 is 12.0 Å². The summed E-state index contributed by atoms with van der Waals surface area (Å²) in [5, 5.41) is 5.56. The molecule has 0 aromatic heterocycles. The fourth-order valence-electron chi connectivity index (χ4n) is 1.77. The Hall–Kier alpha value is -1.95. The number of hydrogen-bond donors (Lipinski definition) is 2. The standard InChI is InChI=1S/C14H19FN2O3/c1-9(11-5-4-6-12(15)7-11)16-8-13(14(19)20-3)17-10(2)18/h4-7,9,13,16H,8H2,1-3H3,(H,17,18). The van der Waals surface area contributed by atoms with Gasteiger partial charge in [-0.25, -0.2) is 9.18 Å². The zero-order chi connectivity index (χ0) is 15.1. The average Bonchev–Trinajstić information content (AvgIpc) is 2.41. The smallest absolute Gasteiger partial charge is 0.329 e. The summed E-state index contributed by atoms with van der Waals surface area (Å²) in [5.41, 5.74) is 0.761. The highest BCUT2D eigenvalue weighted by atomic mass is 19.1. The number of methoxy groups -OCH3 is 1. The van der Waals surface area contributed by atoms with Gasteiger partial charge in [0.2, 0.25) is 5.91 Å². The van der Waals surface area contributed by atoms with E-state index in [1.165, 1.54) is 26.2 Å². The van der Waals surface area contributed by atoms with Crippen molar-refractivity contribution >= 4 is 11.9 Å². The number of benzene rings is 1. The molecule has 0 spiro atoms. The van der Waals surface area contributed by atoms with Crippen LogP contribution in [0.15, 0.2) is 24.3 Å². The van der Waals surface area contributed by atoms with Crippen LogP contribution in [0.1, 0.15) is 25.5 Å². The summed E-state index contributed by atoms with van der Waals surface area (Å²) >= 11 is 0. The predicted octanol–water partition coefficient (Wildman–Crippen LogP) is 1.15. The molecule has 2 unspecified atom stereocenters. The number of amides is 1. The molecule has 1 aromatic rings. The zero-order valence-corrected chi connectivity index (χ0v) is 11.8. The van der Waals surface area contributed by atoms with Crippen LogP contribution in [-0.4, -0.2) is 31.6 Å². The lowest BCUT2D eigenvalue weighted by Gasteiger charge is -2.20. The van der Waals surface area contributed by atoms with Crippen molar-refractivity contribution in [1.82, 2.24) is 10.6 Å². The summed E-state index contributed by atoms with van der Waals surface area (Å²) in [5.74, 6) is -1.16. The predicted molar refractivity (Wildman–Crippen MR) is 72.4 cm³/mol. The van der Waals surface area contributed by atoms with Crippen molar-refractivity contribution in [1.29, 1.82) is 0 Å². The van der Waals surface area contributed by atoms with E-state index in [9.17, 15) is 14.0 Å². The van der Waals surface area contributed by atoms with E-state index in [-0.39, 0.29) is 24.3 Å². The Labute approximate surface area is 117 Å². The molecule has 1 aromatic carbocycles. The van der Waals surface area contributed by atoms with E-state index in [2.05, 4.69) is 15.4 Å². The van der Waals surface area contributed by atoms with Crippen LogP contribution in [0.25, 0.3) is 0 Å². The minimum atomic E-state index is -0.770. The molecule has 6 heteroatoms. The molecule has 110 valence electrons. The topological polar surface area (TPSA) is 67.4 Å². The van der Waals surface area contributed by atoms with E-state index in [0.717, 1.165) is 5.56 Å². The van der Waals surface area contributed by atoms with Gasteiger partial charge in [0.1, 0.15) is 11.9 Å². The van der Waals surface area contributed by atoms with Gasteiger partial charge in [-0.2, -0.15) is 0 Å². The van der Waals surface area contributed by atoms with Crippen LogP contribution in [0.4, 0.5) is 4.39 Å². The Bertz CT molecular complexity index is 479. The van der Waals surface area contributed by atoms with E-state index in [0.29, 0.717) is 0 Å². The summed E-state index contributed by atoms with van der Waals surface area (Å²) < 4.78 is 17.7. The van der Waals surface area contributed by atoms with Crippen molar-refractivity contribution in [2.45, 2.75) is 25.9 Å². The number of carbonyl (C=O) groups excluding carboxylic acids is 2. The summed E-state index contributed by atoms with van der Waals surface area (Å²) in [7, 11) is 1.26. The maximum Gasteiger partial charge on any atom is 0.329 e. The number of hydrogen-bond acceptors (Lipinski definition) is 4. The first kappa shape index (κ1) is 16.1. The van der Waals surface area contributed by atoms with Crippen LogP contribution in [0.2, 0.25) is 0 Å². The van der Waals surface area contributed by atoms with E-state index in [1.807, 2.05) is 6.92 Å². The van der Waals surface area contributed by atoms with Gasteiger partial charge in [0.05, 0.1) is 7.11 Å². The third-order valence-electron chi connectivity index (χ3n) is 2.84. The fourth-order valence-corrected chi connectivity index (χ4v) is 1.77. The quantitative estimate of drug-likeness (QED) is 0.768. The van der Waals surface area contributed by atoms with Crippen molar-refractivity contribution < 1.29 is 18.7 Å². The second-order valence-electron chi connectivity index (χ2n) is 4.46. The molecule has 0 heterocycles. The Morgan fingerprint density at radius 2 is 2.10 bits per heavy atom. The Morgan fingerprint density at radius 3 is 2.65 bits per heavy atom. The van der Waals surface area contributed by atoms with Gasteiger partial charge in [-0.05, 0) is 24.6 Å². The number of ether oxygens (including phenoxy) is 1. The van der Waals surface area contributed by atoms with Crippen LogP contribution in [0.3, 0.4) is 0 Å². The number of halogens is 1. The Balaban J connectivity index is 2.62. The van der Waals surface area contributed by atoms with Gasteiger partial charge >= 0.3 is 5.97 Å². The maximum atomic E-state index is 13.1. The summed E-state index contributed by atoms with van der Waals surface area (Å²) in [4.78, 5) is 22.6. The highest BCUT2D eigenvalue weighted by molar-refractivity contribution is 5.83. The molecule has 0 fully saturated rings. The number of carbonyl (C=O) groups is 2. The van der Waals surface area contributed by atoms with Gasteiger partial charge in [-0.3, -0.25) is 4.79 Å². The lowest BCUT2D eigenvalue weighted by atomic mass is 10.1. The number of nitrogens with one attached hydrogen (secondary N) is 2. The second kappa shape index (κ2) is 7.59. The summed E-state index contributed by atoms with van der Waals surface area (Å²) in [6, 6.07) is 5.26. The minimum absolute atomic E-state index is 0.161. The van der Waals surface area contributed by atoms with Gasteiger partial charge in [-0.1, -0.05) is 12.1 Å². The molecule has 2 N–H and O–H groups in total. The zero-order valence-electron chi connectivity index (χ0n) is 11.8. The van der Waals surface area contributed by atoms with Crippen molar-refractivity contribution in [2.24, 2.45) is 0 Å². The van der Waals surface area contributed by atoms with Crippen molar-refractivity contribution in [3.05, 3.63) is 35.6 Å². The third-order valence-corrected chi connectivity index (χ3v) is 2.84. The van der Waals surface area contributed by atoms with Crippen molar-refractivity contribution in [2.75, 3.05) is 13.7 Å². The van der Waals surface area contributed by atoms with Crippen LogP contribution in [0, 0.1) is 5.82 Å². The second-order valence-corrected chi connectivity index (χ2v) is 4.46. The largest absolute Gasteiger partial charge is 0.467 e. The first-order chi connectivity index (χ1) is 9.43. The average molecular weight is 282 g/mol. The van der Waals surface area contributed by atoms with E-state index in [4.69, 9.17) is 0 Å². The Kier molecular flexibility index (Phi) is 6.11. The molecule has 5 nitrogen and oxygen atoms in total. The first-order valence-electron chi connectivity index (χ1n) is 6.27. The molecule has 1 rings (SSSR count). The minimum Gasteiger partial charge on any atom is -0.467 e. The molecular weight excluding hydrogens is 263 g/mol. The molecular formula is C14H19FN2O3.